The van der Waals surface area contributed by atoms with Gasteiger partial charge >= 0.3 is 0 Å². The van der Waals surface area contributed by atoms with Crippen LogP contribution in [0.3, 0.4) is 0 Å². The molecule has 4 heteroatoms. The Morgan fingerprint density at radius 2 is 0.881 bits per heavy atom. The summed E-state index contributed by atoms with van der Waals surface area (Å²) in [7, 11) is 0. The Bertz CT molecular complexity index is 1680. The molecule has 6 rings (SSSR count). The Balaban J connectivity index is 2.02. The maximum atomic E-state index is 2.57. The Hall–Kier alpha value is -3.14. The van der Waals surface area contributed by atoms with Crippen molar-refractivity contribution in [2.24, 2.45) is 0 Å². The smallest absolute Gasteiger partial charge is 0.229 e. The minimum absolute atomic E-state index is 0.0473. The lowest BCUT2D eigenvalue weighted by molar-refractivity contribution is -0.671. The fourth-order valence-electron chi connectivity index (χ4n) is 7.32. The fourth-order valence-corrected chi connectivity index (χ4v) is 7.32. The summed E-state index contributed by atoms with van der Waals surface area (Å²) in [4.78, 5) is 0. The van der Waals surface area contributed by atoms with Gasteiger partial charge in [-0.2, -0.15) is 0 Å². The molecule has 0 unspecified atom stereocenters. The third kappa shape index (κ3) is 4.31. The van der Waals surface area contributed by atoms with Crippen molar-refractivity contribution < 1.29 is 9.13 Å². The van der Waals surface area contributed by atoms with Crippen molar-refractivity contribution in [1.82, 2.24) is 9.13 Å². The average molecular weight is 565 g/mol. The standard InChI is InChI=1S/C38H52N4/c1-11-15-39-23-40(16-12-2)34-28-20-26(38(8,9)10)22-30-32(28)31-27(33(34)39)19-25(37(5,6)7)21-29(31)35-36(30)42(18-14-4)24-41(35)17-13-3/h19-24H,11-18H2,1-10H3/q+2. The van der Waals surface area contributed by atoms with Crippen LogP contribution in [-0.4, -0.2) is 9.13 Å². The Labute approximate surface area is 252 Å². The second-order valence-corrected chi connectivity index (χ2v) is 14.8. The molecule has 0 aliphatic carbocycles. The number of aromatic nitrogens is 4. The van der Waals surface area contributed by atoms with E-state index in [1.807, 2.05) is 0 Å². The lowest BCUT2D eigenvalue weighted by Gasteiger charge is -2.24. The van der Waals surface area contributed by atoms with Crippen LogP contribution < -0.4 is 9.13 Å². The van der Waals surface area contributed by atoms with Crippen LogP contribution in [0.1, 0.15) is 106 Å². The third-order valence-electron chi connectivity index (χ3n) is 9.29. The van der Waals surface area contributed by atoms with Gasteiger partial charge in [0.05, 0.1) is 26.2 Å². The first-order valence-corrected chi connectivity index (χ1v) is 16.6. The van der Waals surface area contributed by atoms with Crippen molar-refractivity contribution >= 4 is 54.4 Å². The Morgan fingerprint density at radius 3 is 1.21 bits per heavy atom. The summed E-state index contributed by atoms with van der Waals surface area (Å²) in [6.07, 6.45) is 9.32. The third-order valence-corrected chi connectivity index (χ3v) is 9.29. The van der Waals surface area contributed by atoms with Gasteiger partial charge in [-0.15, -0.1) is 0 Å². The van der Waals surface area contributed by atoms with E-state index in [0.29, 0.717) is 0 Å². The molecule has 4 aromatic carbocycles. The van der Waals surface area contributed by atoms with Crippen LogP contribution in [0.2, 0.25) is 0 Å². The predicted octanol–water partition coefficient (Wildman–Crippen LogP) is 9.30. The summed E-state index contributed by atoms with van der Waals surface area (Å²) >= 11 is 0. The molecule has 2 heterocycles. The van der Waals surface area contributed by atoms with Gasteiger partial charge in [0.15, 0.2) is 22.1 Å². The number of nitrogens with zero attached hydrogens (tertiary/aromatic N) is 4. The molecule has 0 amide bonds. The number of aryl methyl sites for hydroxylation is 4. The molecule has 0 N–H and O–H groups in total. The van der Waals surface area contributed by atoms with Crippen LogP contribution in [0.5, 0.6) is 0 Å². The second kappa shape index (κ2) is 10.2. The summed E-state index contributed by atoms with van der Waals surface area (Å²) < 4.78 is 10.3. The van der Waals surface area contributed by atoms with E-state index in [1.165, 1.54) is 65.5 Å². The summed E-state index contributed by atoms with van der Waals surface area (Å²) in [6.45, 7) is 27.6. The monoisotopic (exact) mass is 564 g/mol. The van der Waals surface area contributed by atoms with E-state index in [0.717, 1.165) is 51.9 Å². The van der Waals surface area contributed by atoms with Gasteiger partial charge in [-0.1, -0.05) is 69.2 Å². The van der Waals surface area contributed by atoms with Crippen LogP contribution in [0, 0.1) is 0 Å². The first-order valence-electron chi connectivity index (χ1n) is 16.6. The van der Waals surface area contributed by atoms with Gasteiger partial charge in [0, 0.05) is 32.3 Å². The van der Waals surface area contributed by atoms with E-state index in [1.54, 1.807) is 0 Å². The number of benzene rings is 4. The summed E-state index contributed by atoms with van der Waals surface area (Å²) in [5, 5.41) is 8.59. The highest BCUT2D eigenvalue weighted by molar-refractivity contribution is 6.37. The quantitative estimate of drug-likeness (QED) is 0.129. The molecule has 4 nitrogen and oxygen atoms in total. The maximum Gasteiger partial charge on any atom is 0.244 e. The van der Waals surface area contributed by atoms with E-state index in [4.69, 9.17) is 0 Å². The lowest BCUT2D eigenvalue weighted by atomic mass is 9.80. The van der Waals surface area contributed by atoms with Crippen LogP contribution in [0.4, 0.5) is 0 Å². The molecule has 0 fully saturated rings. The minimum Gasteiger partial charge on any atom is -0.229 e. The zero-order chi connectivity index (χ0) is 30.1. The van der Waals surface area contributed by atoms with E-state index in [9.17, 15) is 0 Å². The molecule has 2 aromatic heterocycles. The lowest BCUT2D eigenvalue weighted by Crippen LogP contribution is -2.32. The zero-order valence-electron chi connectivity index (χ0n) is 27.9. The van der Waals surface area contributed by atoms with E-state index in [-0.39, 0.29) is 10.8 Å². The van der Waals surface area contributed by atoms with Crippen LogP contribution in [0.25, 0.3) is 54.4 Å². The van der Waals surface area contributed by atoms with Crippen molar-refractivity contribution in [2.75, 3.05) is 0 Å². The van der Waals surface area contributed by atoms with Gasteiger partial charge in [-0.3, -0.25) is 0 Å². The topological polar surface area (TPSA) is 17.6 Å². The Morgan fingerprint density at radius 1 is 0.524 bits per heavy atom. The maximum absolute atomic E-state index is 2.57. The molecule has 0 spiro atoms. The van der Waals surface area contributed by atoms with E-state index < -0.39 is 0 Å². The SMILES string of the molecule is CCCn1c[n+](CCC)c2c3cc(C(C)(C)C)cc4c3c3c(cc(C(C)(C)C)cc3c3c4[n+](CCC)cn3CCC)c21. The van der Waals surface area contributed by atoms with Crippen molar-refractivity contribution in [3.63, 3.8) is 0 Å². The zero-order valence-corrected chi connectivity index (χ0v) is 27.9. The summed E-state index contributed by atoms with van der Waals surface area (Å²) in [5.41, 5.74) is 8.59. The van der Waals surface area contributed by atoms with E-state index in [2.05, 4.69) is 124 Å². The molecule has 42 heavy (non-hydrogen) atoms. The molecule has 6 aromatic rings. The fraction of sp³-hybridized carbons (Fsp3) is 0.526. The molecule has 222 valence electrons. The Kier molecular flexibility index (Phi) is 7.06. The highest BCUT2D eigenvalue weighted by Gasteiger charge is 2.32. The number of hydrogen-bond donors (Lipinski definition) is 0. The predicted molar refractivity (Wildman–Crippen MR) is 180 cm³/mol. The molecular weight excluding hydrogens is 512 g/mol. The van der Waals surface area contributed by atoms with Crippen molar-refractivity contribution in [3.05, 3.63) is 48.0 Å². The van der Waals surface area contributed by atoms with E-state index >= 15 is 0 Å². The molecule has 0 aliphatic heterocycles. The molecule has 0 saturated carbocycles. The summed E-state index contributed by atoms with van der Waals surface area (Å²) in [6, 6.07) is 10.2. The first-order chi connectivity index (χ1) is 19.9. The molecule has 0 bridgehead atoms. The number of hydrogen-bond acceptors (Lipinski definition) is 0. The minimum atomic E-state index is 0.0473. The largest absolute Gasteiger partial charge is 0.244 e. The number of rotatable bonds is 8. The van der Waals surface area contributed by atoms with Gasteiger partial charge in [-0.25, -0.2) is 18.3 Å². The number of fused-ring (bicyclic) bond motifs is 6. The average Bonchev–Trinajstić information content (AvgIpc) is 3.46. The highest BCUT2D eigenvalue weighted by Crippen LogP contribution is 2.47. The van der Waals surface area contributed by atoms with Gasteiger partial charge in [0.2, 0.25) is 12.7 Å². The van der Waals surface area contributed by atoms with Gasteiger partial charge < -0.3 is 0 Å². The molecular formula is C38H52N4+2. The van der Waals surface area contributed by atoms with Gasteiger partial charge in [0.1, 0.15) is 0 Å². The second-order valence-electron chi connectivity index (χ2n) is 14.8. The van der Waals surface area contributed by atoms with Crippen LogP contribution >= 0.6 is 0 Å². The van der Waals surface area contributed by atoms with Crippen molar-refractivity contribution in [3.8, 4) is 0 Å². The molecule has 0 aliphatic rings. The number of imidazole rings is 2. The van der Waals surface area contributed by atoms with Crippen LogP contribution in [-0.2, 0) is 37.0 Å². The van der Waals surface area contributed by atoms with Crippen molar-refractivity contribution in [2.45, 2.75) is 132 Å². The van der Waals surface area contributed by atoms with Crippen LogP contribution in [0.15, 0.2) is 36.9 Å². The highest BCUT2D eigenvalue weighted by atomic mass is 15.1. The summed E-state index contributed by atoms with van der Waals surface area (Å²) in [5.74, 6) is 0. The normalized spacial score (nSPS) is 13.3. The van der Waals surface area contributed by atoms with Gasteiger partial charge in [-0.05, 0) is 71.9 Å². The molecule has 0 saturated heterocycles. The molecule has 0 radical (unpaired) electrons. The van der Waals surface area contributed by atoms with Gasteiger partial charge in [0.25, 0.3) is 0 Å². The van der Waals surface area contributed by atoms with Crippen molar-refractivity contribution in [1.29, 1.82) is 0 Å². The molecule has 0 atom stereocenters. The first kappa shape index (κ1) is 29.0.